The number of carbonyl (C=O) groups is 1. The molecule has 2 aromatic carbocycles. The van der Waals surface area contributed by atoms with E-state index in [1.54, 1.807) is 67.6 Å². The van der Waals surface area contributed by atoms with Crippen LogP contribution in [0.3, 0.4) is 0 Å². The molecule has 0 atom stereocenters. The number of nitrogens with zero attached hydrogens (tertiary/aromatic N) is 4. The predicted octanol–water partition coefficient (Wildman–Crippen LogP) is 3.03. The molecule has 0 unspecified atom stereocenters. The van der Waals surface area contributed by atoms with E-state index >= 15 is 0 Å². The van der Waals surface area contributed by atoms with Gasteiger partial charge in [0.05, 0.1) is 41.5 Å². The highest BCUT2D eigenvalue weighted by atomic mass is 32.2. The molecule has 1 N–H and O–H groups in total. The van der Waals surface area contributed by atoms with Crippen LogP contribution in [0.1, 0.15) is 10.4 Å². The van der Waals surface area contributed by atoms with Crippen LogP contribution in [-0.4, -0.2) is 43.2 Å². The Morgan fingerprint density at radius 2 is 1.88 bits per heavy atom. The van der Waals surface area contributed by atoms with Gasteiger partial charge in [-0.15, -0.1) is 0 Å². The third-order valence-electron chi connectivity index (χ3n) is 5.44. The zero-order valence-corrected chi connectivity index (χ0v) is 18.3. The number of amides is 1. The molecule has 0 radical (unpaired) electrons. The molecule has 0 aliphatic carbocycles. The van der Waals surface area contributed by atoms with Crippen molar-refractivity contribution in [2.75, 3.05) is 23.8 Å². The van der Waals surface area contributed by atoms with E-state index in [4.69, 9.17) is 9.72 Å². The molecule has 5 rings (SSSR count). The molecule has 0 saturated carbocycles. The average Bonchev–Trinajstić information content (AvgIpc) is 3.33. The summed E-state index contributed by atoms with van der Waals surface area (Å²) in [7, 11) is 0.895. The molecule has 2 aromatic heterocycles. The Kier molecular flexibility index (Phi) is 4.41. The number of ether oxygens (including phenoxy) is 1. The van der Waals surface area contributed by atoms with E-state index in [1.165, 1.54) is 18.1 Å². The molecule has 3 heterocycles. The van der Waals surface area contributed by atoms with Gasteiger partial charge in [0, 0.05) is 31.2 Å². The molecule has 10 heteroatoms. The number of rotatable bonds is 5. The molecule has 0 saturated heterocycles. The number of aromatic nitrogens is 3. The number of methoxy groups -OCH3 is 1. The van der Waals surface area contributed by atoms with Crippen LogP contribution in [0.2, 0.25) is 0 Å². The van der Waals surface area contributed by atoms with Gasteiger partial charge in [-0.2, -0.15) is 5.10 Å². The first-order chi connectivity index (χ1) is 15.3. The highest BCUT2D eigenvalue weighted by Crippen LogP contribution is 2.41. The third kappa shape index (κ3) is 2.99. The second kappa shape index (κ2) is 7.06. The maximum Gasteiger partial charge on any atom is 0.265 e. The zero-order chi connectivity index (χ0) is 22.6. The van der Waals surface area contributed by atoms with Crippen LogP contribution in [0.4, 0.5) is 11.4 Å². The van der Waals surface area contributed by atoms with Gasteiger partial charge < -0.3 is 9.64 Å². The lowest BCUT2D eigenvalue weighted by molar-refractivity contribution is 0.0999. The second-order valence-corrected chi connectivity index (χ2v) is 9.08. The number of benzene rings is 2. The van der Waals surface area contributed by atoms with Crippen molar-refractivity contribution in [2.45, 2.75) is 4.90 Å². The molecular weight excluding hydrogens is 430 g/mol. The van der Waals surface area contributed by atoms with Crippen LogP contribution in [-0.2, 0) is 17.1 Å². The molecule has 0 fully saturated rings. The summed E-state index contributed by atoms with van der Waals surface area (Å²) in [6.45, 7) is 0. The summed E-state index contributed by atoms with van der Waals surface area (Å²) in [5.41, 5.74) is 3.03. The third-order valence-corrected chi connectivity index (χ3v) is 6.84. The van der Waals surface area contributed by atoms with Gasteiger partial charge in [0.25, 0.3) is 15.9 Å². The summed E-state index contributed by atoms with van der Waals surface area (Å²) in [5.74, 6) is 0.0483. The van der Waals surface area contributed by atoms with Gasteiger partial charge in [-0.25, -0.2) is 13.4 Å². The van der Waals surface area contributed by atoms with Crippen LogP contribution < -0.4 is 14.4 Å². The molecule has 1 aliphatic rings. The SMILES string of the molecule is COc1ccccc1S(=O)(=O)Nc1ccc2c3c(cc(-c4cnn(C)c4)nc13)C(=O)N2C. The molecule has 162 valence electrons. The molecule has 0 spiro atoms. The Bertz CT molecular complexity index is 1510. The average molecular weight is 449 g/mol. The Hall–Kier alpha value is -3.92. The summed E-state index contributed by atoms with van der Waals surface area (Å²) in [6.07, 6.45) is 3.43. The minimum atomic E-state index is -3.98. The fourth-order valence-electron chi connectivity index (χ4n) is 3.89. The number of hydrogen-bond donors (Lipinski definition) is 1. The van der Waals surface area contributed by atoms with E-state index in [0.29, 0.717) is 27.8 Å². The van der Waals surface area contributed by atoms with Crippen molar-refractivity contribution in [3.8, 4) is 17.0 Å². The normalized spacial score (nSPS) is 13.1. The van der Waals surface area contributed by atoms with Gasteiger partial charge >= 0.3 is 0 Å². The van der Waals surface area contributed by atoms with Crippen LogP contribution >= 0.6 is 0 Å². The number of para-hydroxylation sites is 1. The van der Waals surface area contributed by atoms with E-state index in [1.807, 2.05) is 0 Å². The molecule has 1 aliphatic heterocycles. The Balaban J connectivity index is 1.72. The second-order valence-electron chi connectivity index (χ2n) is 7.43. The fraction of sp³-hybridized carbons (Fsp3) is 0.136. The summed E-state index contributed by atoms with van der Waals surface area (Å²) in [6, 6.07) is 11.4. The van der Waals surface area contributed by atoms with Gasteiger partial charge in [-0.05, 0) is 30.3 Å². The van der Waals surface area contributed by atoms with E-state index in [-0.39, 0.29) is 22.2 Å². The molecular formula is C22H19N5O4S. The number of hydrogen-bond acceptors (Lipinski definition) is 6. The van der Waals surface area contributed by atoms with Gasteiger partial charge in [-0.1, -0.05) is 12.1 Å². The minimum Gasteiger partial charge on any atom is -0.495 e. The topological polar surface area (TPSA) is 106 Å². The predicted molar refractivity (Wildman–Crippen MR) is 120 cm³/mol. The van der Waals surface area contributed by atoms with Gasteiger partial charge in [-0.3, -0.25) is 14.2 Å². The zero-order valence-electron chi connectivity index (χ0n) is 17.5. The number of pyridine rings is 1. The van der Waals surface area contributed by atoms with Crippen LogP contribution in [0.25, 0.3) is 22.2 Å². The van der Waals surface area contributed by atoms with Crippen molar-refractivity contribution in [1.29, 1.82) is 0 Å². The monoisotopic (exact) mass is 449 g/mol. The van der Waals surface area contributed by atoms with Crippen molar-refractivity contribution in [3.63, 3.8) is 0 Å². The van der Waals surface area contributed by atoms with Crippen molar-refractivity contribution in [3.05, 3.63) is 60.4 Å². The van der Waals surface area contributed by atoms with Gasteiger partial charge in [0.2, 0.25) is 0 Å². The number of sulfonamides is 1. The van der Waals surface area contributed by atoms with E-state index in [0.717, 1.165) is 5.56 Å². The maximum atomic E-state index is 13.2. The van der Waals surface area contributed by atoms with Gasteiger partial charge in [0.15, 0.2) is 0 Å². The molecule has 9 nitrogen and oxygen atoms in total. The van der Waals surface area contributed by atoms with Crippen molar-refractivity contribution >= 4 is 38.2 Å². The first-order valence-electron chi connectivity index (χ1n) is 9.71. The standard InChI is InChI=1S/C22H19N5O4S/c1-26-12-13(11-23-26)16-10-14-20-17(27(2)22(14)28)9-8-15(21(20)24-16)25-32(29,30)19-7-5-4-6-18(19)31-3/h4-12,25H,1-3H3. The van der Waals surface area contributed by atoms with Crippen molar-refractivity contribution < 1.29 is 17.9 Å². The quantitative estimate of drug-likeness (QED) is 0.502. The minimum absolute atomic E-state index is 0.00595. The highest BCUT2D eigenvalue weighted by molar-refractivity contribution is 7.92. The number of anilines is 2. The summed E-state index contributed by atoms with van der Waals surface area (Å²) >= 11 is 0. The summed E-state index contributed by atoms with van der Waals surface area (Å²) in [5, 5.41) is 4.77. The number of nitrogens with one attached hydrogen (secondary N) is 1. The fourth-order valence-corrected chi connectivity index (χ4v) is 5.12. The van der Waals surface area contributed by atoms with E-state index < -0.39 is 10.0 Å². The van der Waals surface area contributed by atoms with E-state index in [2.05, 4.69) is 9.82 Å². The lowest BCUT2D eigenvalue weighted by Crippen LogP contribution is -2.20. The summed E-state index contributed by atoms with van der Waals surface area (Å²) < 4.78 is 35.9. The lowest BCUT2D eigenvalue weighted by Gasteiger charge is -2.14. The first kappa shape index (κ1) is 20.0. The molecule has 1 amide bonds. The Morgan fingerprint density at radius 1 is 1.09 bits per heavy atom. The molecule has 32 heavy (non-hydrogen) atoms. The first-order valence-corrected chi connectivity index (χ1v) is 11.2. The highest BCUT2D eigenvalue weighted by Gasteiger charge is 2.31. The number of carbonyl (C=O) groups excluding carboxylic acids is 1. The number of aryl methyl sites for hydroxylation is 1. The Labute approximate surface area is 184 Å². The molecule has 0 bridgehead atoms. The van der Waals surface area contributed by atoms with E-state index in [9.17, 15) is 13.2 Å². The molecule has 4 aromatic rings. The van der Waals surface area contributed by atoms with Crippen LogP contribution in [0.5, 0.6) is 5.75 Å². The smallest absolute Gasteiger partial charge is 0.265 e. The lowest BCUT2D eigenvalue weighted by atomic mass is 10.1. The summed E-state index contributed by atoms with van der Waals surface area (Å²) in [4.78, 5) is 19.1. The largest absolute Gasteiger partial charge is 0.495 e. The van der Waals surface area contributed by atoms with Crippen LogP contribution in [0.15, 0.2) is 59.8 Å². The van der Waals surface area contributed by atoms with Gasteiger partial charge in [0.1, 0.15) is 10.6 Å². The maximum absolute atomic E-state index is 13.2. The van der Waals surface area contributed by atoms with Crippen LogP contribution in [0, 0.1) is 0 Å². The van der Waals surface area contributed by atoms with Crippen molar-refractivity contribution in [1.82, 2.24) is 14.8 Å². The van der Waals surface area contributed by atoms with Crippen molar-refractivity contribution in [2.24, 2.45) is 7.05 Å². The Morgan fingerprint density at radius 3 is 2.59 bits per heavy atom.